The van der Waals surface area contributed by atoms with Gasteiger partial charge in [0.05, 0.1) is 11.6 Å². The average molecular weight is 473 g/mol. The monoisotopic (exact) mass is 472 g/mol. The number of nitrogens with zero attached hydrogens (tertiary/aromatic N) is 5. The van der Waals surface area contributed by atoms with E-state index in [0.717, 1.165) is 47.1 Å². The molecule has 0 fully saturated rings. The maximum Gasteiger partial charge on any atom is 0.252 e. The molecule has 0 spiro atoms. The molecule has 0 radical (unpaired) electrons. The van der Waals surface area contributed by atoms with Crippen LogP contribution in [-0.2, 0) is 18.6 Å². The Labute approximate surface area is 207 Å². The third kappa shape index (κ3) is 5.51. The lowest BCUT2D eigenvalue weighted by Gasteiger charge is -2.33. The van der Waals surface area contributed by atoms with Crippen molar-refractivity contribution in [1.82, 2.24) is 30.1 Å². The van der Waals surface area contributed by atoms with Gasteiger partial charge in [0.2, 0.25) is 0 Å². The molecule has 7 nitrogen and oxygen atoms in total. The lowest BCUT2D eigenvalue weighted by Crippen LogP contribution is -2.36. The van der Waals surface area contributed by atoms with Gasteiger partial charge in [-0.1, -0.05) is 62.7 Å². The van der Waals surface area contributed by atoms with Crippen molar-refractivity contribution >= 4 is 10.9 Å². The van der Waals surface area contributed by atoms with Gasteiger partial charge in [0, 0.05) is 24.2 Å². The van der Waals surface area contributed by atoms with Gasteiger partial charge in [-0.15, -0.1) is 5.10 Å². The van der Waals surface area contributed by atoms with Crippen LogP contribution < -0.4 is 5.56 Å². The largest absolute Gasteiger partial charge is 0.322 e. The number of fused-ring (bicyclic) bond motifs is 1. The molecule has 0 saturated heterocycles. The summed E-state index contributed by atoms with van der Waals surface area (Å²) < 4.78 is 1.97. The fourth-order valence-electron chi connectivity index (χ4n) is 4.52. The summed E-state index contributed by atoms with van der Waals surface area (Å²) in [6.07, 6.45) is 2.77. The highest BCUT2D eigenvalue weighted by Gasteiger charge is 2.31. The molecule has 2 aromatic heterocycles. The summed E-state index contributed by atoms with van der Waals surface area (Å²) in [6, 6.07) is 18.5. The number of hydrogen-bond acceptors (Lipinski definition) is 5. The van der Waals surface area contributed by atoms with Gasteiger partial charge in [-0.2, -0.15) is 0 Å². The van der Waals surface area contributed by atoms with Crippen LogP contribution in [0.2, 0.25) is 0 Å². The second-order valence-electron chi connectivity index (χ2n) is 10.0. The molecule has 0 aliphatic heterocycles. The normalized spacial score (nSPS) is 13.0. The van der Waals surface area contributed by atoms with Crippen molar-refractivity contribution in [3.8, 4) is 0 Å². The van der Waals surface area contributed by atoms with Crippen LogP contribution in [0.4, 0.5) is 0 Å². The Balaban J connectivity index is 1.78. The first-order chi connectivity index (χ1) is 16.8. The Morgan fingerprint density at radius 2 is 1.83 bits per heavy atom. The van der Waals surface area contributed by atoms with E-state index in [0.29, 0.717) is 13.1 Å². The molecule has 7 heteroatoms. The average Bonchev–Trinajstić information content (AvgIpc) is 3.34. The number of tetrazole rings is 1. The molecule has 1 N–H and O–H groups in total. The zero-order chi connectivity index (χ0) is 25.0. The van der Waals surface area contributed by atoms with Gasteiger partial charge in [0.15, 0.2) is 5.82 Å². The highest BCUT2D eigenvalue weighted by molar-refractivity contribution is 5.79. The molecule has 0 amide bonds. The van der Waals surface area contributed by atoms with E-state index in [4.69, 9.17) is 0 Å². The van der Waals surface area contributed by atoms with Crippen molar-refractivity contribution in [2.24, 2.45) is 0 Å². The molecule has 184 valence electrons. The Kier molecular flexibility index (Phi) is 7.45. The maximum absolute atomic E-state index is 13.1. The van der Waals surface area contributed by atoms with E-state index < -0.39 is 0 Å². The molecular formula is C28H36N6O. The quantitative estimate of drug-likeness (QED) is 0.329. The van der Waals surface area contributed by atoms with E-state index in [1.807, 2.05) is 29.8 Å². The fourth-order valence-corrected chi connectivity index (χ4v) is 4.52. The molecule has 35 heavy (non-hydrogen) atoms. The molecule has 0 unspecified atom stereocenters. The van der Waals surface area contributed by atoms with Gasteiger partial charge in [-0.05, 0) is 72.7 Å². The number of H-pyrrole nitrogens is 1. The Morgan fingerprint density at radius 3 is 2.54 bits per heavy atom. The summed E-state index contributed by atoms with van der Waals surface area (Å²) in [7, 11) is 0. The lowest BCUT2D eigenvalue weighted by atomic mass is 10.00. The SMILES string of the molecule is CCC[C@H](c1nnnn1C(C)(C)CC)N(Cc1ccccc1)Cc1cc2ccc(C)cc2[nH]c1=O. The summed E-state index contributed by atoms with van der Waals surface area (Å²) in [4.78, 5) is 18.6. The molecule has 0 bridgehead atoms. The van der Waals surface area contributed by atoms with Crippen LogP contribution in [0.15, 0.2) is 59.4 Å². The maximum atomic E-state index is 13.1. The van der Waals surface area contributed by atoms with Crippen molar-refractivity contribution in [2.45, 2.75) is 78.6 Å². The summed E-state index contributed by atoms with van der Waals surface area (Å²) in [5.41, 5.74) is 3.67. The van der Waals surface area contributed by atoms with Gasteiger partial charge < -0.3 is 4.98 Å². The van der Waals surface area contributed by atoms with Gasteiger partial charge in [-0.25, -0.2) is 4.68 Å². The van der Waals surface area contributed by atoms with Crippen LogP contribution in [0.5, 0.6) is 0 Å². The summed E-state index contributed by atoms with van der Waals surface area (Å²) in [5.74, 6) is 0.850. The second kappa shape index (κ2) is 10.5. The number of pyridine rings is 1. The Morgan fingerprint density at radius 1 is 1.06 bits per heavy atom. The topological polar surface area (TPSA) is 79.7 Å². The fraction of sp³-hybridized carbons (Fsp3) is 0.429. The van der Waals surface area contributed by atoms with Crippen LogP contribution >= 0.6 is 0 Å². The van der Waals surface area contributed by atoms with Gasteiger partial charge in [0.25, 0.3) is 5.56 Å². The van der Waals surface area contributed by atoms with E-state index in [9.17, 15) is 4.79 Å². The van der Waals surface area contributed by atoms with Crippen molar-refractivity contribution in [3.05, 3.63) is 87.5 Å². The van der Waals surface area contributed by atoms with Crippen LogP contribution in [-0.4, -0.2) is 30.1 Å². The summed E-state index contributed by atoms with van der Waals surface area (Å²) in [5, 5.41) is 14.0. The highest BCUT2D eigenvalue weighted by atomic mass is 16.1. The first kappa shape index (κ1) is 24.8. The Hall–Kier alpha value is -3.32. The van der Waals surface area contributed by atoms with Crippen molar-refractivity contribution in [3.63, 3.8) is 0 Å². The number of aryl methyl sites for hydroxylation is 1. The van der Waals surface area contributed by atoms with Crippen molar-refractivity contribution in [1.29, 1.82) is 0 Å². The summed E-state index contributed by atoms with van der Waals surface area (Å²) in [6.45, 7) is 11.9. The molecule has 0 aliphatic carbocycles. The van der Waals surface area contributed by atoms with Crippen molar-refractivity contribution < 1.29 is 0 Å². The molecule has 0 aliphatic rings. The predicted octanol–water partition coefficient (Wildman–Crippen LogP) is 5.51. The van der Waals surface area contributed by atoms with E-state index in [1.165, 1.54) is 5.56 Å². The smallest absolute Gasteiger partial charge is 0.252 e. The zero-order valence-electron chi connectivity index (χ0n) is 21.5. The number of benzene rings is 2. The number of nitrogens with one attached hydrogen (secondary N) is 1. The number of aromatic nitrogens is 5. The molecule has 2 aromatic carbocycles. The number of hydrogen-bond donors (Lipinski definition) is 1. The third-order valence-corrected chi connectivity index (χ3v) is 6.91. The first-order valence-corrected chi connectivity index (χ1v) is 12.5. The minimum absolute atomic E-state index is 0.0332. The minimum Gasteiger partial charge on any atom is -0.322 e. The van der Waals surface area contributed by atoms with Gasteiger partial charge in [0.1, 0.15) is 0 Å². The van der Waals surface area contributed by atoms with Crippen LogP contribution in [0, 0.1) is 6.92 Å². The van der Waals surface area contributed by atoms with E-state index in [-0.39, 0.29) is 17.1 Å². The van der Waals surface area contributed by atoms with E-state index in [2.05, 4.69) is 89.5 Å². The summed E-state index contributed by atoms with van der Waals surface area (Å²) >= 11 is 0. The molecular weight excluding hydrogens is 436 g/mol. The zero-order valence-corrected chi connectivity index (χ0v) is 21.5. The van der Waals surface area contributed by atoms with E-state index in [1.54, 1.807) is 0 Å². The molecule has 4 rings (SSSR count). The third-order valence-electron chi connectivity index (χ3n) is 6.91. The standard InChI is InChI=1S/C28H36N6O/c1-6-11-25(26-30-31-32-34(26)28(4,5)7-2)33(18-21-12-9-8-10-13-21)19-23-17-22-15-14-20(3)16-24(22)29-27(23)35/h8-10,12-17,25H,6-7,11,18-19H2,1-5H3,(H,29,35)/t25-/m1/s1. The number of aromatic amines is 1. The van der Waals surface area contributed by atoms with Gasteiger partial charge in [-0.3, -0.25) is 9.69 Å². The van der Waals surface area contributed by atoms with Crippen molar-refractivity contribution in [2.75, 3.05) is 0 Å². The molecule has 4 aromatic rings. The van der Waals surface area contributed by atoms with Crippen LogP contribution in [0.3, 0.4) is 0 Å². The lowest BCUT2D eigenvalue weighted by molar-refractivity contribution is 0.145. The van der Waals surface area contributed by atoms with E-state index >= 15 is 0 Å². The van der Waals surface area contributed by atoms with Crippen LogP contribution in [0.25, 0.3) is 10.9 Å². The second-order valence-corrected chi connectivity index (χ2v) is 10.0. The Bertz CT molecular complexity index is 1320. The highest BCUT2D eigenvalue weighted by Crippen LogP contribution is 2.31. The van der Waals surface area contributed by atoms with Crippen LogP contribution in [0.1, 0.15) is 75.5 Å². The first-order valence-electron chi connectivity index (χ1n) is 12.5. The molecule has 0 saturated carbocycles. The number of rotatable bonds is 10. The predicted molar refractivity (Wildman–Crippen MR) is 140 cm³/mol. The molecule has 1 atom stereocenters. The van der Waals surface area contributed by atoms with Gasteiger partial charge >= 0.3 is 0 Å². The minimum atomic E-state index is -0.207. The molecule has 2 heterocycles.